The summed E-state index contributed by atoms with van der Waals surface area (Å²) in [6, 6.07) is 12.0. The number of ether oxygens (including phenoxy) is 1. The van der Waals surface area contributed by atoms with Crippen LogP contribution in [-0.2, 0) is 0 Å². The zero-order chi connectivity index (χ0) is 15.9. The maximum Gasteiger partial charge on any atom is 0.272 e. The summed E-state index contributed by atoms with van der Waals surface area (Å²) >= 11 is 12.0. The summed E-state index contributed by atoms with van der Waals surface area (Å²) in [5, 5.41) is 4.76. The number of benzene rings is 2. The van der Waals surface area contributed by atoms with Crippen molar-refractivity contribution >= 4 is 35.3 Å². The van der Waals surface area contributed by atoms with Crippen LogP contribution >= 0.6 is 23.2 Å². The van der Waals surface area contributed by atoms with Crippen molar-refractivity contribution in [1.29, 1.82) is 0 Å². The molecule has 2 aromatic rings. The molecule has 1 amide bonds. The van der Waals surface area contributed by atoms with Gasteiger partial charge in [0.15, 0.2) is 0 Å². The fraction of sp³-hybridized carbons (Fsp3) is 0.125. The van der Waals surface area contributed by atoms with Gasteiger partial charge >= 0.3 is 0 Å². The summed E-state index contributed by atoms with van der Waals surface area (Å²) in [6.07, 6.45) is 1.50. The Labute approximate surface area is 138 Å². The quantitative estimate of drug-likeness (QED) is 0.658. The predicted molar refractivity (Wildman–Crippen MR) is 89.1 cm³/mol. The number of nitrogens with zero attached hydrogens (tertiary/aromatic N) is 1. The molecule has 0 saturated carbocycles. The molecule has 2 aromatic carbocycles. The molecule has 114 valence electrons. The van der Waals surface area contributed by atoms with Gasteiger partial charge in [0, 0.05) is 0 Å². The Morgan fingerprint density at radius 1 is 1.23 bits per heavy atom. The van der Waals surface area contributed by atoms with Crippen LogP contribution in [0.25, 0.3) is 0 Å². The van der Waals surface area contributed by atoms with Gasteiger partial charge < -0.3 is 4.74 Å². The van der Waals surface area contributed by atoms with Gasteiger partial charge in [-0.25, -0.2) is 5.43 Å². The molecule has 0 aliphatic rings. The topological polar surface area (TPSA) is 50.7 Å². The monoisotopic (exact) mass is 336 g/mol. The number of hydrogen-bond donors (Lipinski definition) is 1. The first-order chi connectivity index (χ1) is 10.6. The normalized spacial score (nSPS) is 10.7. The van der Waals surface area contributed by atoms with Gasteiger partial charge in [0.05, 0.1) is 28.4 Å². The van der Waals surface area contributed by atoms with E-state index in [0.29, 0.717) is 28.0 Å². The number of halogens is 2. The Morgan fingerprint density at radius 3 is 2.68 bits per heavy atom. The van der Waals surface area contributed by atoms with E-state index in [1.165, 1.54) is 6.21 Å². The van der Waals surface area contributed by atoms with Crippen LogP contribution in [0.3, 0.4) is 0 Å². The van der Waals surface area contributed by atoms with E-state index >= 15 is 0 Å². The second-order valence-electron chi connectivity index (χ2n) is 4.30. The van der Waals surface area contributed by atoms with Crippen LogP contribution in [0.1, 0.15) is 22.8 Å². The SMILES string of the molecule is CCOc1ccc(/C=N\NC(=O)c2ccccc2Cl)cc1Cl. The third-order valence-electron chi connectivity index (χ3n) is 2.75. The summed E-state index contributed by atoms with van der Waals surface area (Å²) < 4.78 is 5.34. The van der Waals surface area contributed by atoms with Crippen molar-refractivity contribution in [3.8, 4) is 5.75 Å². The number of rotatable bonds is 5. The van der Waals surface area contributed by atoms with Gasteiger partial charge in [0.25, 0.3) is 5.91 Å². The Kier molecular flexibility index (Phi) is 5.81. The van der Waals surface area contributed by atoms with Crippen LogP contribution in [0.5, 0.6) is 5.75 Å². The van der Waals surface area contributed by atoms with E-state index in [0.717, 1.165) is 5.56 Å². The van der Waals surface area contributed by atoms with Crippen LogP contribution in [0.4, 0.5) is 0 Å². The highest BCUT2D eigenvalue weighted by Crippen LogP contribution is 2.24. The van der Waals surface area contributed by atoms with E-state index in [-0.39, 0.29) is 5.91 Å². The van der Waals surface area contributed by atoms with Gasteiger partial charge in [0.1, 0.15) is 5.75 Å². The Hall–Kier alpha value is -2.04. The Balaban J connectivity index is 2.02. The van der Waals surface area contributed by atoms with E-state index in [1.54, 1.807) is 42.5 Å². The summed E-state index contributed by atoms with van der Waals surface area (Å²) in [7, 11) is 0. The van der Waals surface area contributed by atoms with Crippen LogP contribution in [0.2, 0.25) is 10.0 Å². The minimum Gasteiger partial charge on any atom is -0.492 e. The number of nitrogens with one attached hydrogen (secondary N) is 1. The highest BCUT2D eigenvalue weighted by Gasteiger charge is 2.07. The lowest BCUT2D eigenvalue weighted by Gasteiger charge is -2.05. The molecule has 0 bridgehead atoms. The van der Waals surface area contributed by atoms with Gasteiger partial charge in [0.2, 0.25) is 0 Å². The number of hydrogen-bond acceptors (Lipinski definition) is 3. The molecule has 0 radical (unpaired) electrons. The van der Waals surface area contributed by atoms with Crippen molar-refractivity contribution in [3.05, 3.63) is 63.6 Å². The standard InChI is InChI=1S/C16H14Cl2N2O2/c1-2-22-15-8-7-11(9-14(15)18)10-19-20-16(21)12-5-3-4-6-13(12)17/h3-10H,2H2,1H3,(H,20,21)/b19-10-. The van der Waals surface area contributed by atoms with Crippen LogP contribution in [0.15, 0.2) is 47.6 Å². The zero-order valence-electron chi connectivity index (χ0n) is 11.8. The zero-order valence-corrected chi connectivity index (χ0v) is 13.4. The Bertz CT molecular complexity index is 702. The highest BCUT2D eigenvalue weighted by molar-refractivity contribution is 6.33. The van der Waals surface area contributed by atoms with Crippen molar-refractivity contribution < 1.29 is 9.53 Å². The molecule has 0 unspecified atom stereocenters. The minimum absolute atomic E-state index is 0.367. The molecule has 0 aromatic heterocycles. The maximum absolute atomic E-state index is 11.9. The average molecular weight is 337 g/mol. The molecule has 22 heavy (non-hydrogen) atoms. The largest absolute Gasteiger partial charge is 0.492 e. The molecule has 0 spiro atoms. The maximum atomic E-state index is 11.9. The molecule has 2 rings (SSSR count). The number of carbonyl (C=O) groups is 1. The van der Waals surface area contributed by atoms with Gasteiger partial charge in [-0.1, -0.05) is 35.3 Å². The molecule has 0 fully saturated rings. The van der Waals surface area contributed by atoms with Gasteiger partial charge in [-0.2, -0.15) is 5.10 Å². The van der Waals surface area contributed by atoms with Crippen molar-refractivity contribution in [1.82, 2.24) is 5.43 Å². The lowest BCUT2D eigenvalue weighted by Crippen LogP contribution is -2.17. The second kappa shape index (κ2) is 7.82. The molecule has 1 N–H and O–H groups in total. The van der Waals surface area contributed by atoms with Gasteiger partial charge in [-0.15, -0.1) is 0 Å². The van der Waals surface area contributed by atoms with Crippen molar-refractivity contribution in [3.63, 3.8) is 0 Å². The van der Waals surface area contributed by atoms with E-state index in [9.17, 15) is 4.79 Å². The second-order valence-corrected chi connectivity index (χ2v) is 5.12. The number of amides is 1. The van der Waals surface area contributed by atoms with Gasteiger partial charge in [-0.05, 0) is 42.8 Å². The fourth-order valence-electron chi connectivity index (χ4n) is 1.74. The summed E-state index contributed by atoms with van der Waals surface area (Å²) in [5.41, 5.74) is 3.53. The third kappa shape index (κ3) is 4.23. The summed E-state index contributed by atoms with van der Waals surface area (Å²) in [6.45, 7) is 2.43. The number of carbonyl (C=O) groups excluding carboxylic acids is 1. The van der Waals surface area contributed by atoms with Crippen LogP contribution in [0, 0.1) is 0 Å². The molecule has 0 heterocycles. The smallest absolute Gasteiger partial charge is 0.272 e. The van der Waals surface area contributed by atoms with Gasteiger partial charge in [-0.3, -0.25) is 4.79 Å². The molecule has 0 atom stereocenters. The highest BCUT2D eigenvalue weighted by atomic mass is 35.5. The first-order valence-electron chi connectivity index (χ1n) is 6.62. The first-order valence-corrected chi connectivity index (χ1v) is 7.37. The molecule has 4 nitrogen and oxygen atoms in total. The van der Waals surface area contributed by atoms with Crippen molar-refractivity contribution in [2.75, 3.05) is 6.61 Å². The predicted octanol–water partition coefficient (Wildman–Crippen LogP) is 4.16. The van der Waals surface area contributed by atoms with E-state index in [1.807, 2.05) is 6.92 Å². The minimum atomic E-state index is -0.376. The summed E-state index contributed by atoms with van der Waals surface area (Å²) in [4.78, 5) is 11.9. The molecular formula is C16H14Cl2N2O2. The van der Waals surface area contributed by atoms with Crippen molar-refractivity contribution in [2.45, 2.75) is 6.92 Å². The molecular weight excluding hydrogens is 323 g/mol. The Morgan fingerprint density at radius 2 is 2.00 bits per heavy atom. The lowest BCUT2D eigenvalue weighted by molar-refractivity contribution is 0.0955. The fourth-order valence-corrected chi connectivity index (χ4v) is 2.21. The van der Waals surface area contributed by atoms with E-state index < -0.39 is 0 Å². The lowest BCUT2D eigenvalue weighted by atomic mass is 10.2. The first kappa shape index (κ1) is 16.3. The summed E-state index contributed by atoms with van der Waals surface area (Å²) in [5.74, 6) is 0.236. The molecule has 0 aliphatic heterocycles. The van der Waals surface area contributed by atoms with Crippen LogP contribution in [-0.4, -0.2) is 18.7 Å². The van der Waals surface area contributed by atoms with E-state index in [4.69, 9.17) is 27.9 Å². The van der Waals surface area contributed by atoms with E-state index in [2.05, 4.69) is 10.5 Å². The average Bonchev–Trinajstić information content (AvgIpc) is 2.50. The molecule has 0 saturated heterocycles. The van der Waals surface area contributed by atoms with Crippen molar-refractivity contribution in [2.24, 2.45) is 5.10 Å². The van der Waals surface area contributed by atoms with Crippen LogP contribution < -0.4 is 10.2 Å². The number of hydrazone groups is 1. The third-order valence-corrected chi connectivity index (χ3v) is 3.38. The molecule has 0 aliphatic carbocycles. The molecule has 6 heteroatoms.